The van der Waals surface area contributed by atoms with Crippen molar-refractivity contribution in [2.45, 2.75) is 44.3 Å². The van der Waals surface area contributed by atoms with Crippen molar-refractivity contribution >= 4 is 11.3 Å². The van der Waals surface area contributed by atoms with E-state index >= 15 is 0 Å². The van der Waals surface area contributed by atoms with Crippen LogP contribution in [0.15, 0.2) is 24.3 Å². The summed E-state index contributed by atoms with van der Waals surface area (Å²) >= 11 is 0. The number of anilines is 1. The van der Waals surface area contributed by atoms with Crippen molar-refractivity contribution < 1.29 is 0 Å². The molecule has 0 unspecified atom stereocenters. The summed E-state index contributed by atoms with van der Waals surface area (Å²) in [4.78, 5) is 2.56. The van der Waals surface area contributed by atoms with E-state index in [1.165, 1.54) is 28.8 Å². The second-order valence-electron chi connectivity index (χ2n) is 6.43. The largest absolute Gasteiger partial charge is 0.382 e. The summed E-state index contributed by atoms with van der Waals surface area (Å²) in [5, 5.41) is 3.66. The highest BCUT2D eigenvalue weighted by Gasteiger charge is 2.42. The van der Waals surface area contributed by atoms with Gasteiger partial charge in [-0.1, -0.05) is 25.1 Å². The molecule has 2 aliphatic heterocycles. The highest BCUT2D eigenvalue weighted by molar-refractivity contribution is 5.81. The maximum atomic E-state index is 6.25. The van der Waals surface area contributed by atoms with Crippen LogP contribution in [0.4, 0.5) is 5.69 Å². The van der Waals surface area contributed by atoms with Gasteiger partial charge in [-0.2, -0.15) is 0 Å². The van der Waals surface area contributed by atoms with Crippen molar-refractivity contribution in [1.82, 2.24) is 4.90 Å². The minimum absolute atomic E-state index is 0.167. The van der Waals surface area contributed by atoms with Crippen LogP contribution in [0, 0.1) is 0 Å². The first kappa shape index (κ1) is 12.4. The molecular formula is C17H23N3. The Hall–Kier alpha value is -1.32. The molecule has 20 heavy (non-hydrogen) atoms. The molecule has 0 bridgehead atoms. The van der Waals surface area contributed by atoms with E-state index in [1.807, 2.05) is 0 Å². The van der Waals surface area contributed by atoms with Crippen LogP contribution >= 0.6 is 0 Å². The van der Waals surface area contributed by atoms with Gasteiger partial charge in [0.05, 0.1) is 0 Å². The molecule has 1 aliphatic carbocycles. The lowest BCUT2D eigenvalue weighted by Gasteiger charge is -2.43. The Labute approximate surface area is 120 Å². The minimum atomic E-state index is 0.167. The molecule has 3 aliphatic rings. The summed E-state index contributed by atoms with van der Waals surface area (Å²) in [6.45, 7) is 6.64. The Morgan fingerprint density at radius 1 is 1.40 bits per heavy atom. The van der Waals surface area contributed by atoms with Crippen molar-refractivity contribution in [2.24, 2.45) is 5.73 Å². The standard InChI is InChI=1S/C17H23N3/c1-3-20-9-11(18)7-14-12-5-4-6-15-17(12)13(8-16(14)20)10(2)19-15/h4-7,10-11,13,16,19H,3,8-9,18H2,1-2H3/t10-,11+,13-,16-/m1/s1. The van der Waals surface area contributed by atoms with Gasteiger partial charge in [-0.05, 0) is 42.7 Å². The molecule has 0 saturated carbocycles. The average Bonchev–Trinajstić information content (AvgIpc) is 2.77. The van der Waals surface area contributed by atoms with Crippen molar-refractivity contribution in [2.75, 3.05) is 18.4 Å². The first-order chi connectivity index (χ1) is 9.69. The zero-order valence-corrected chi connectivity index (χ0v) is 12.3. The number of hydrogen-bond acceptors (Lipinski definition) is 3. The second-order valence-corrected chi connectivity index (χ2v) is 6.43. The Bertz CT molecular complexity index is 578. The molecule has 2 heterocycles. The fourth-order valence-corrected chi connectivity index (χ4v) is 4.38. The summed E-state index contributed by atoms with van der Waals surface area (Å²) in [6, 6.07) is 7.94. The van der Waals surface area contributed by atoms with Gasteiger partial charge in [0, 0.05) is 36.3 Å². The molecule has 4 atom stereocenters. The highest BCUT2D eigenvalue weighted by atomic mass is 15.2. The Morgan fingerprint density at radius 2 is 2.25 bits per heavy atom. The molecule has 0 amide bonds. The number of benzene rings is 1. The van der Waals surface area contributed by atoms with Crippen LogP contribution < -0.4 is 11.1 Å². The molecule has 1 aromatic rings. The van der Waals surface area contributed by atoms with Gasteiger partial charge in [-0.15, -0.1) is 0 Å². The van der Waals surface area contributed by atoms with Gasteiger partial charge in [0.1, 0.15) is 0 Å². The van der Waals surface area contributed by atoms with E-state index in [2.05, 4.69) is 48.3 Å². The normalized spacial score (nSPS) is 35.0. The number of nitrogens with zero attached hydrogens (tertiary/aromatic N) is 1. The van der Waals surface area contributed by atoms with Crippen LogP contribution in [0.25, 0.3) is 5.57 Å². The van der Waals surface area contributed by atoms with Gasteiger partial charge in [0.25, 0.3) is 0 Å². The summed E-state index contributed by atoms with van der Waals surface area (Å²) < 4.78 is 0. The SMILES string of the molecule is CCN1C[C@@H](N)C=C2c3cccc4c3[C@H](C[C@H]21)[C@@H](C)N4. The van der Waals surface area contributed by atoms with Crippen LogP contribution in [-0.2, 0) is 0 Å². The third-order valence-corrected chi connectivity index (χ3v) is 5.30. The van der Waals surface area contributed by atoms with E-state index in [0.717, 1.165) is 13.1 Å². The quantitative estimate of drug-likeness (QED) is 0.822. The number of nitrogens with two attached hydrogens (primary N) is 1. The molecule has 0 spiro atoms. The lowest BCUT2D eigenvalue weighted by molar-refractivity contribution is 0.209. The average molecular weight is 269 g/mol. The maximum absolute atomic E-state index is 6.25. The summed E-state index contributed by atoms with van der Waals surface area (Å²) in [5.41, 5.74) is 12.0. The fourth-order valence-electron chi connectivity index (χ4n) is 4.38. The Balaban J connectivity index is 1.89. The predicted molar refractivity (Wildman–Crippen MR) is 83.9 cm³/mol. The van der Waals surface area contributed by atoms with Crippen LogP contribution in [0.2, 0.25) is 0 Å². The summed E-state index contributed by atoms with van der Waals surface area (Å²) in [6.07, 6.45) is 3.54. The lowest BCUT2D eigenvalue weighted by Crippen LogP contribution is -2.49. The number of nitrogens with one attached hydrogen (secondary N) is 1. The van der Waals surface area contributed by atoms with Gasteiger partial charge in [0.2, 0.25) is 0 Å². The smallest absolute Gasteiger partial charge is 0.0384 e. The number of fused-ring (bicyclic) bond motifs is 2. The Morgan fingerprint density at radius 3 is 3.05 bits per heavy atom. The summed E-state index contributed by atoms with van der Waals surface area (Å²) in [7, 11) is 0. The molecule has 3 heteroatoms. The molecule has 0 fully saturated rings. The van der Waals surface area contributed by atoms with Crippen LogP contribution in [0.1, 0.15) is 37.3 Å². The maximum Gasteiger partial charge on any atom is 0.0384 e. The third-order valence-electron chi connectivity index (χ3n) is 5.30. The Kier molecular flexibility index (Phi) is 2.69. The van der Waals surface area contributed by atoms with Crippen molar-refractivity contribution in [3.05, 3.63) is 35.4 Å². The molecule has 3 N–H and O–H groups in total. The van der Waals surface area contributed by atoms with Gasteiger partial charge < -0.3 is 11.1 Å². The molecule has 0 saturated heterocycles. The van der Waals surface area contributed by atoms with E-state index in [9.17, 15) is 0 Å². The first-order valence-electron chi connectivity index (χ1n) is 7.80. The van der Waals surface area contributed by atoms with Crippen molar-refractivity contribution in [1.29, 1.82) is 0 Å². The molecular weight excluding hydrogens is 246 g/mol. The topological polar surface area (TPSA) is 41.3 Å². The van der Waals surface area contributed by atoms with Gasteiger partial charge in [-0.3, -0.25) is 4.90 Å². The van der Waals surface area contributed by atoms with Crippen LogP contribution in [0.5, 0.6) is 0 Å². The van der Waals surface area contributed by atoms with Crippen LogP contribution in [0.3, 0.4) is 0 Å². The zero-order chi connectivity index (χ0) is 13.9. The lowest BCUT2D eigenvalue weighted by atomic mass is 9.73. The van der Waals surface area contributed by atoms with E-state index in [0.29, 0.717) is 18.0 Å². The molecule has 0 aromatic heterocycles. The van der Waals surface area contributed by atoms with E-state index in [4.69, 9.17) is 5.73 Å². The minimum Gasteiger partial charge on any atom is -0.382 e. The van der Waals surface area contributed by atoms with Gasteiger partial charge in [-0.25, -0.2) is 0 Å². The number of hydrogen-bond donors (Lipinski definition) is 2. The zero-order valence-electron chi connectivity index (χ0n) is 12.3. The number of likely N-dealkylation sites (N-methyl/N-ethyl adjacent to an activating group) is 1. The highest BCUT2D eigenvalue weighted by Crippen LogP contribution is 2.50. The molecule has 1 aromatic carbocycles. The van der Waals surface area contributed by atoms with Crippen LogP contribution in [-0.4, -0.2) is 36.1 Å². The van der Waals surface area contributed by atoms with Gasteiger partial charge in [0.15, 0.2) is 0 Å². The first-order valence-corrected chi connectivity index (χ1v) is 7.80. The molecule has 0 radical (unpaired) electrons. The van der Waals surface area contributed by atoms with E-state index in [-0.39, 0.29) is 6.04 Å². The fraction of sp³-hybridized carbons (Fsp3) is 0.529. The summed E-state index contributed by atoms with van der Waals surface area (Å²) in [5.74, 6) is 0.645. The third kappa shape index (κ3) is 1.60. The molecule has 106 valence electrons. The van der Waals surface area contributed by atoms with E-state index in [1.54, 1.807) is 0 Å². The number of rotatable bonds is 1. The van der Waals surface area contributed by atoms with Crippen molar-refractivity contribution in [3.63, 3.8) is 0 Å². The molecule has 4 rings (SSSR count). The monoisotopic (exact) mass is 269 g/mol. The molecule has 3 nitrogen and oxygen atoms in total. The van der Waals surface area contributed by atoms with Crippen molar-refractivity contribution in [3.8, 4) is 0 Å². The van der Waals surface area contributed by atoms with Gasteiger partial charge >= 0.3 is 0 Å². The second kappa shape index (κ2) is 4.34. The van der Waals surface area contributed by atoms with E-state index < -0.39 is 0 Å². The predicted octanol–water partition coefficient (Wildman–Crippen LogP) is 2.40.